The summed E-state index contributed by atoms with van der Waals surface area (Å²) in [4.78, 5) is 30.5. The van der Waals surface area contributed by atoms with Crippen LogP contribution in [0.2, 0.25) is 0 Å². The number of anilines is 1. The lowest BCUT2D eigenvalue weighted by Crippen LogP contribution is -2.40. The van der Waals surface area contributed by atoms with E-state index in [0.717, 1.165) is 22.5 Å². The highest BCUT2D eigenvalue weighted by molar-refractivity contribution is 7.14. The van der Waals surface area contributed by atoms with Crippen LogP contribution in [0.15, 0.2) is 41.9 Å². The zero-order valence-electron chi connectivity index (χ0n) is 16.5. The van der Waals surface area contributed by atoms with Gasteiger partial charge in [0, 0.05) is 55.7 Å². The van der Waals surface area contributed by atoms with Gasteiger partial charge in [-0.1, -0.05) is 30.3 Å². The first-order valence-corrected chi connectivity index (χ1v) is 10.5. The number of piperidine rings is 1. The van der Waals surface area contributed by atoms with Gasteiger partial charge in [-0.2, -0.15) is 5.10 Å². The van der Waals surface area contributed by atoms with E-state index in [1.54, 1.807) is 16.5 Å². The van der Waals surface area contributed by atoms with Gasteiger partial charge >= 0.3 is 0 Å². The standard InChI is InChI=1S/C21H23N5O2S/c1-14(27)26-10-8-16(9-11-26)20(28)23-21-22-18(13-29-21)17-12-25(2)24-19(17)15-6-4-3-5-7-15/h3-7,12-13,16H,8-11H2,1-2H3,(H,22,23,28). The Morgan fingerprint density at radius 1 is 1.17 bits per heavy atom. The van der Waals surface area contributed by atoms with Gasteiger partial charge in [0.25, 0.3) is 0 Å². The molecule has 0 saturated carbocycles. The molecule has 1 aliphatic rings. The van der Waals surface area contributed by atoms with E-state index >= 15 is 0 Å². The summed E-state index contributed by atoms with van der Waals surface area (Å²) >= 11 is 1.41. The fourth-order valence-electron chi connectivity index (χ4n) is 3.60. The van der Waals surface area contributed by atoms with Crippen LogP contribution in [-0.2, 0) is 16.6 Å². The smallest absolute Gasteiger partial charge is 0.229 e. The van der Waals surface area contributed by atoms with Gasteiger partial charge in [-0.15, -0.1) is 11.3 Å². The average molecular weight is 410 g/mol. The Labute approximate surface area is 173 Å². The van der Waals surface area contributed by atoms with E-state index < -0.39 is 0 Å². The fourth-order valence-corrected chi connectivity index (χ4v) is 4.32. The van der Waals surface area contributed by atoms with Crippen LogP contribution in [0.1, 0.15) is 19.8 Å². The number of benzene rings is 1. The number of aromatic nitrogens is 3. The Morgan fingerprint density at radius 3 is 2.59 bits per heavy atom. The van der Waals surface area contributed by atoms with Gasteiger partial charge in [0.2, 0.25) is 11.8 Å². The summed E-state index contributed by atoms with van der Waals surface area (Å²) in [6, 6.07) is 9.99. The highest BCUT2D eigenvalue weighted by atomic mass is 32.1. The summed E-state index contributed by atoms with van der Waals surface area (Å²) in [5, 5.41) is 10.1. The van der Waals surface area contributed by atoms with Gasteiger partial charge in [-0.05, 0) is 12.8 Å². The molecule has 8 heteroatoms. The Kier molecular flexibility index (Phi) is 5.44. The van der Waals surface area contributed by atoms with E-state index in [0.29, 0.717) is 31.1 Å². The molecule has 0 atom stereocenters. The molecule has 0 unspecified atom stereocenters. The van der Waals surface area contributed by atoms with Gasteiger partial charge in [0.05, 0.1) is 5.69 Å². The van der Waals surface area contributed by atoms with Gasteiger partial charge in [-0.25, -0.2) is 4.98 Å². The van der Waals surface area contributed by atoms with Crippen molar-refractivity contribution in [2.24, 2.45) is 13.0 Å². The number of nitrogens with one attached hydrogen (secondary N) is 1. The summed E-state index contributed by atoms with van der Waals surface area (Å²) in [5.41, 5.74) is 3.63. The molecule has 150 valence electrons. The minimum absolute atomic E-state index is 0.0245. The molecular formula is C21H23N5O2S. The number of rotatable bonds is 4. The number of hydrogen-bond donors (Lipinski definition) is 1. The molecule has 1 saturated heterocycles. The van der Waals surface area contributed by atoms with Crippen molar-refractivity contribution in [3.8, 4) is 22.5 Å². The molecule has 4 rings (SSSR count). The maximum Gasteiger partial charge on any atom is 0.229 e. The molecule has 0 radical (unpaired) electrons. The molecule has 0 bridgehead atoms. The van der Waals surface area contributed by atoms with Crippen molar-refractivity contribution in [2.45, 2.75) is 19.8 Å². The minimum atomic E-state index is -0.0868. The molecular weight excluding hydrogens is 386 g/mol. The van der Waals surface area contributed by atoms with Crippen LogP contribution in [-0.4, -0.2) is 44.6 Å². The lowest BCUT2D eigenvalue weighted by Gasteiger charge is -2.30. The van der Waals surface area contributed by atoms with E-state index in [4.69, 9.17) is 0 Å². The first-order valence-electron chi connectivity index (χ1n) is 9.62. The highest BCUT2D eigenvalue weighted by Crippen LogP contribution is 2.33. The SMILES string of the molecule is CC(=O)N1CCC(C(=O)Nc2nc(-c3cn(C)nc3-c3ccccc3)cs2)CC1. The monoisotopic (exact) mass is 409 g/mol. The van der Waals surface area contributed by atoms with Crippen LogP contribution in [0.5, 0.6) is 0 Å². The number of hydrogen-bond acceptors (Lipinski definition) is 5. The van der Waals surface area contributed by atoms with Gasteiger partial charge in [-0.3, -0.25) is 14.3 Å². The summed E-state index contributed by atoms with van der Waals surface area (Å²) in [7, 11) is 1.89. The van der Waals surface area contributed by atoms with Crippen molar-refractivity contribution in [1.29, 1.82) is 0 Å². The molecule has 29 heavy (non-hydrogen) atoms. The second kappa shape index (κ2) is 8.16. The Morgan fingerprint density at radius 2 is 1.90 bits per heavy atom. The lowest BCUT2D eigenvalue weighted by molar-refractivity contribution is -0.132. The largest absolute Gasteiger partial charge is 0.343 e. The summed E-state index contributed by atoms with van der Waals surface area (Å²) in [5.74, 6) is -0.0427. The predicted molar refractivity (Wildman–Crippen MR) is 113 cm³/mol. The Bertz CT molecular complexity index is 1020. The Hall–Kier alpha value is -3.00. The molecule has 3 heterocycles. The second-order valence-electron chi connectivity index (χ2n) is 7.24. The maximum atomic E-state index is 12.6. The van der Waals surface area contributed by atoms with Crippen molar-refractivity contribution in [3.63, 3.8) is 0 Å². The first-order chi connectivity index (χ1) is 14.0. The molecule has 1 aromatic carbocycles. The van der Waals surface area contributed by atoms with Crippen LogP contribution in [0.3, 0.4) is 0 Å². The number of aryl methyl sites for hydroxylation is 1. The topological polar surface area (TPSA) is 80.1 Å². The molecule has 3 aromatic rings. The number of likely N-dealkylation sites (tertiary alicyclic amines) is 1. The van der Waals surface area contributed by atoms with Crippen molar-refractivity contribution in [3.05, 3.63) is 41.9 Å². The molecule has 2 aromatic heterocycles. The molecule has 1 fully saturated rings. The molecule has 0 aliphatic carbocycles. The van der Waals surface area contributed by atoms with Crippen LogP contribution < -0.4 is 5.32 Å². The van der Waals surface area contributed by atoms with Crippen LogP contribution in [0.25, 0.3) is 22.5 Å². The van der Waals surface area contributed by atoms with E-state index in [1.807, 2.05) is 49.0 Å². The number of carbonyl (C=O) groups excluding carboxylic acids is 2. The maximum absolute atomic E-state index is 12.6. The molecule has 2 amide bonds. The second-order valence-corrected chi connectivity index (χ2v) is 8.10. The lowest BCUT2D eigenvalue weighted by atomic mass is 9.96. The van der Waals surface area contributed by atoms with E-state index in [9.17, 15) is 9.59 Å². The number of thiazole rings is 1. The number of amides is 2. The van der Waals surface area contributed by atoms with Gasteiger partial charge < -0.3 is 10.2 Å². The zero-order chi connectivity index (χ0) is 20.4. The third kappa shape index (κ3) is 4.22. The summed E-state index contributed by atoms with van der Waals surface area (Å²) < 4.78 is 1.78. The number of nitrogens with zero attached hydrogens (tertiary/aromatic N) is 4. The quantitative estimate of drug-likeness (QED) is 0.716. The van der Waals surface area contributed by atoms with Crippen LogP contribution in [0.4, 0.5) is 5.13 Å². The summed E-state index contributed by atoms with van der Waals surface area (Å²) in [6.07, 6.45) is 3.31. The molecule has 1 N–H and O–H groups in total. The van der Waals surface area contributed by atoms with Crippen molar-refractivity contribution < 1.29 is 9.59 Å². The molecule has 0 spiro atoms. The van der Waals surface area contributed by atoms with E-state index in [-0.39, 0.29) is 17.7 Å². The van der Waals surface area contributed by atoms with Crippen molar-refractivity contribution in [1.82, 2.24) is 19.7 Å². The van der Waals surface area contributed by atoms with Gasteiger partial charge in [0.15, 0.2) is 5.13 Å². The highest BCUT2D eigenvalue weighted by Gasteiger charge is 2.26. The summed E-state index contributed by atoms with van der Waals surface area (Å²) in [6.45, 7) is 2.83. The molecule has 7 nitrogen and oxygen atoms in total. The normalized spacial score (nSPS) is 14.8. The predicted octanol–water partition coefficient (Wildman–Crippen LogP) is 3.41. The van der Waals surface area contributed by atoms with Crippen LogP contribution >= 0.6 is 11.3 Å². The minimum Gasteiger partial charge on any atom is -0.343 e. The fraction of sp³-hybridized carbons (Fsp3) is 0.333. The average Bonchev–Trinajstić information content (AvgIpc) is 3.35. The van der Waals surface area contributed by atoms with E-state index in [2.05, 4.69) is 15.4 Å². The van der Waals surface area contributed by atoms with Crippen molar-refractivity contribution in [2.75, 3.05) is 18.4 Å². The van der Waals surface area contributed by atoms with Crippen molar-refractivity contribution >= 4 is 28.3 Å². The van der Waals surface area contributed by atoms with Crippen LogP contribution in [0, 0.1) is 5.92 Å². The number of carbonyl (C=O) groups is 2. The third-order valence-electron chi connectivity index (χ3n) is 5.20. The molecule has 1 aliphatic heterocycles. The third-order valence-corrected chi connectivity index (χ3v) is 5.96. The van der Waals surface area contributed by atoms with E-state index in [1.165, 1.54) is 11.3 Å². The zero-order valence-corrected chi connectivity index (χ0v) is 17.3. The first kappa shape index (κ1) is 19.3. The van der Waals surface area contributed by atoms with Gasteiger partial charge in [0.1, 0.15) is 5.69 Å². The Balaban J connectivity index is 1.47.